The van der Waals surface area contributed by atoms with E-state index < -0.39 is 27.8 Å². The predicted octanol–water partition coefficient (Wildman–Crippen LogP) is 8.40. The molecule has 0 radical (unpaired) electrons. The summed E-state index contributed by atoms with van der Waals surface area (Å²) >= 11 is 0. The van der Waals surface area contributed by atoms with Crippen LogP contribution in [0, 0.1) is 17.8 Å². The number of hydrogen-bond donors (Lipinski definition) is 3. The van der Waals surface area contributed by atoms with Gasteiger partial charge in [0.2, 0.25) is 21.7 Å². The van der Waals surface area contributed by atoms with E-state index in [0.717, 1.165) is 48.7 Å². The molecule has 0 spiro atoms. The molecule has 0 unspecified atom stereocenters. The molecule has 64 heavy (non-hydrogen) atoms. The van der Waals surface area contributed by atoms with Crippen molar-refractivity contribution in [1.82, 2.24) is 4.31 Å². The number of aldehydes is 1. The number of likely N-dealkylation sites (N-methyl/N-ethyl adjacent to an activating group) is 1. The van der Waals surface area contributed by atoms with Gasteiger partial charge in [-0.05, 0) is 103 Å². The Labute approximate surface area is 375 Å². The first-order valence-electron chi connectivity index (χ1n) is 21.9. The lowest BCUT2D eigenvalue weighted by molar-refractivity contribution is -0.250. The molecule has 0 bridgehead atoms. The molecule has 1 aliphatic heterocycles. The summed E-state index contributed by atoms with van der Waals surface area (Å²) < 4.78 is 51.7. The number of anilines is 1. The van der Waals surface area contributed by atoms with E-state index in [0.29, 0.717) is 47.1 Å². The number of carbonyl (C=O) groups excluding carboxylic acids is 2. The van der Waals surface area contributed by atoms with Crippen LogP contribution in [-0.4, -0.2) is 79.5 Å². The number of allylic oxidation sites excluding steroid dienone is 1. The number of hydrogen-bond acceptors (Lipinski definition) is 11. The number of aliphatic hydroxyl groups excluding tert-OH is 2. The van der Waals surface area contributed by atoms with Gasteiger partial charge in [-0.1, -0.05) is 72.6 Å². The van der Waals surface area contributed by atoms with Crippen molar-refractivity contribution in [2.24, 2.45) is 22.9 Å². The number of sulfonamides is 1. The van der Waals surface area contributed by atoms with Crippen LogP contribution >= 0.6 is 0 Å². The van der Waals surface area contributed by atoms with E-state index in [2.05, 4.69) is 18.0 Å². The van der Waals surface area contributed by atoms with Gasteiger partial charge >= 0.3 is 0 Å². The normalized spacial score (nSPS) is 23.0. The summed E-state index contributed by atoms with van der Waals surface area (Å²) in [6.45, 7) is 5.66. The van der Waals surface area contributed by atoms with Gasteiger partial charge in [0.25, 0.3) is 0 Å². The molecule has 4 aromatic rings. The van der Waals surface area contributed by atoms with Crippen LogP contribution < -0.4 is 14.8 Å². The largest absolute Gasteiger partial charge is 0.460 e. The summed E-state index contributed by atoms with van der Waals surface area (Å²) in [5.41, 5.74) is 4.05. The molecule has 338 valence electrons. The molecule has 7 rings (SSSR count). The fraction of sp³-hybridized carbons (Fsp3) is 0.380. The van der Waals surface area contributed by atoms with Gasteiger partial charge in [-0.3, -0.25) is 9.59 Å². The standard InChI is InChI=1S/C50H57N3O10S/c1-4-27-60-50-47(53(3)64(58,59)41-22-19-38(20-23-41)51-34(2)57)31-45(52-61-33-35-13-6-5-7-14-35)43-29-37(16-8-10-25-54)42(18-9-11-26-55)48(49(43)50)44-30-40(21-24-46(44)63-50)62-39-17-12-15-36(28-39)32-56/h4-7,12-15,17,19-24,28-30,32,37,42,47-49,54-55H,1,8-11,16,18,25-27,31,33H2,2-3H3,(H,51,57)/t37-,42+,47-,48+,49+,50+/m0/s1. The molecule has 0 saturated heterocycles. The van der Waals surface area contributed by atoms with Gasteiger partial charge in [-0.25, -0.2) is 8.42 Å². The number of rotatable bonds is 21. The lowest BCUT2D eigenvalue weighted by atomic mass is 9.55. The summed E-state index contributed by atoms with van der Waals surface area (Å²) in [5.74, 6) is -1.48. The number of ether oxygens (including phenoxy) is 3. The van der Waals surface area contributed by atoms with Crippen molar-refractivity contribution in [2.45, 2.75) is 81.1 Å². The van der Waals surface area contributed by atoms with Crippen LogP contribution in [0.25, 0.3) is 0 Å². The molecule has 14 heteroatoms. The van der Waals surface area contributed by atoms with Crippen molar-refractivity contribution in [3.05, 3.63) is 138 Å². The van der Waals surface area contributed by atoms with Gasteiger partial charge in [0, 0.05) is 56.3 Å². The zero-order chi connectivity index (χ0) is 45.3. The SMILES string of the molecule is C=CCO[C@@]12Oc3ccc(Oc4cccc(C=O)c4)cc3[C@H]3[C@H](CCCCO)[C@@H](CCCCO)C=C(C(=NOCc4ccccc4)C[C@@H]1N(C)S(=O)(=O)c1ccc(NC(C)=O)cc1)[C@H]32. The summed E-state index contributed by atoms with van der Waals surface area (Å²) in [4.78, 5) is 29.6. The Hall–Kier alpha value is -5.64. The van der Waals surface area contributed by atoms with Crippen LogP contribution in [0.4, 0.5) is 5.69 Å². The molecule has 4 aromatic carbocycles. The van der Waals surface area contributed by atoms with Crippen molar-refractivity contribution in [1.29, 1.82) is 0 Å². The first-order chi connectivity index (χ1) is 31.0. The fourth-order valence-corrected chi connectivity index (χ4v) is 10.9. The lowest BCUT2D eigenvalue weighted by Crippen LogP contribution is -2.69. The Bertz CT molecular complexity index is 2440. The third kappa shape index (κ3) is 10.0. The van der Waals surface area contributed by atoms with Gasteiger partial charge in [0.15, 0.2) is 0 Å². The molecule has 1 heterocycles. The van der Waals surface area contributed by atoms with E-state index >= 15 is 0 Å². The first kappa shape index (κ1) is 46.4. The van der Waals surface area contributed by atoms with E-state index in [1.807, 2.05) is 42.5 Å². The minimum absolute atomic E-state index is 0.00537. The number of oxime groups is 1. The fourth-order valence-electron chi connectivity index (χ4n) is 9.56. The molecular formula is C50H57N3O10S. The van der Waals surface area contributed by atoms with E-state index in [1.165, 1.54) is 30.4 Å². The van der Waals surface area contributed by atoms with Crippen molar-refractivity contribution in [3.8, 4) is 17.2 Å². The zero-order valence-corrected chi connectivity index (χ0v) is 37.1. The van der Waals surface area contributed by atoms with Crippen molar-refractivity contribution in [3.63, 3.8) is 0 Å². The van der Waals surface area contributed by atoms with E-state index in [4.69, 9.17) is 24.2 Å². The molecule has 6 atom stereocenters. The highest BCUT2D eigenvalue weighted by Gasteiger charge is 2.65. The summed E-state index contributed by atoms with van der Waals surface area (Å²) in [6, 6.07) is 27.1. The van der Waals surface area contributed by atoms with Crippen LogP contribution in [0.2, 0.25) is 0 Å². The van der Waals surface area contributed by atoms with Gasteiger partial charge in [-0.2, -0.15) is 4.31 Å². The third-order valence-electron chi connectivity index (χ3n) is 12.4. The monoisotopic (exact) mass is 891 g/mol. The quantitative estimate of drug-likeness (QED) is 0.0319. The Balaban J connectivity index is 1.43. The average Bonchev–Trinajstić information content (AvgIpc) is 3.30. The summed E-state index contributed by atoms with van der Waals surface area (Å²) in [6.07, 6.45) is 8.86. The molecule has 2 aliphatic carbocycles. The highest BCUT2D eigenvalue weighted by atomic mass is 32.2. The maximum absolute atomic E-state index is 14.9. The Morgan fingerprint density at radius 2 is 1.69 bits per heavy atom. The lowest BCUT2D eigenvalue weighted by Gasteiger charge is -2.59. The van der Waals surface area contributed by atoms with Crippen LogP contribution in [0.3, 0.4) is 0 Å². The molecule has 3 aliphatic rings. The summed E-state index contributed by atoms with van der Waals surface area (Å²) in [7, 11) is -2.74. The van der Waals surface area contributed by atoms with E-state index in [-0.39, 0.29) is 61.4 Å². The average molecular weight is 892 g/mol. The molecule has 1 amide bonds. The first-order valence-corrected chi connectivity index (χ1v) is 23.3. The molecule has 1 fully saturated rings. The molecule has 13 nitrogen and oxygen atoms in total. The topological polar surface area (TPSA) is 173 Å². The number of carbonyl (C=O) groups is 2. The van der Waals surface area contributed by atoms with Crippen LogP contribution in [0.5, 0.6) is 17.2 Å². The van der Waals surface area contributed by atoms with Gasteiger partial charge in [-0.15, -0.1) is 6.58 Å². The number of amides is 1. The van der Waals surface area contributed by atoms with E-state index in [9.17, 15) is 28.2 Å². The number of fused-ring (bicyclic) bond motifs is 2. The van der Waals surface area contributed by atoms with Crippen LogP contribution in [0.1, 0.15) is 79.3 Å². The number of nitrogens with one attached hydrogen (secondary N) is 1. The Kier molecular flexibility index (Phi) is 15.1. The smallest absolute Gasteiger partial charge is 0.243 e. The number of nitrogens with zero attached hydrogens (tertiary/aromatic N) is 2. The minimum Gasteiger partial charge on any atom is -0.460 e. The maximum Gasteiger partial charge on any atom is 0.243 e. The van der Waals surface area contributed by atoms with Crippen molar-refractivity contribution in [2.75, 3.05) is 32.2 Å². The number of unbranched alkanes of at least 4 members (excludes halogenated alkanes) is 2. The van der Waals surface area contributed by atoms with Crippen molar-refractivity contribution < 1.29 is 47.3 Å². The predicted molar refractivity (Wildman–Crippen MR) is 244 cm³/mol. The minimum atomic E-state index is -4.27. The zero-order valence-electron chi connectivity index (χ0n) is 36.3. The highest BCUT2D eigenvalue weighted by molar-refractivity contribution is 7.89. The second-order valence-electron chi connectivity index (χ2n) is 16.6. The summed E-state index contributed by atoms with van der Waals surface area (Å²) in [5, 5.41) is 27.4. The van der Waals surface area contributed by atoms with Crippen LogP contribution in [0.15, 0.2) is 131 Å². The van der Waals surface area contributed by atoms with Crippen molar-refractivity contribution >= 4 is 33.6 Å². The second-order valence-corrected chi connectivity index (χ2v) is 18.5. The second kappa shape index (κ2) is 20.9. The molecule has 0 aromatic heterocycles. The molecule has 1 saturated carbocycles. The van der Waals surface area contributed by atoms with Gasteiger partial charge < -0.3 is 34.6 Å². The van der Waals surface area contributed by atoms with Gasteiger partial charge in [0.05, 0.1) is 29.2 Å². The molecule has 3 N–H and O–H groups in total. The number of aliphatic hydroxyl groups is 2. The van der Waals surface area contributed by atoms with E-state index in [1.54, 1.807) is 48.5 Å². The maximum atomic E-state index is 14.9. The van der Waals surface area contributed by atoms with Crippen LogP contribution in [-0.2, 0) is 31.0 Å². The number of benzene rings is 4. The van der Waals surface area contributed by atoms with Gasteiger partial charge in [0.1, 0.15) is 30.1 Å². The highest BCUT2D eigenvalue weighted by Crippen LogP contribution is 2.62. The Morgan fingerprint density at radius 1 is 0.953 bits per heavy atom. The third-order valence-corrected chi connectivity index (χ3v) is 14.3. The molecular weight excluding hydrogens is 835 g/mol. The Morgan fingerprint density at radius 3 is 2.39 bits per heavy atom.